The van der Waals surface area contributed by atoms with Crippen molar-refractivity contribution in [1.29, 1.82) is 0 Å². The van der Waals surface area contributed by atoms with Crippen molar-refractivity contribution in [2.45, 2.75) is 32.9 Å². The van der Waals surface area contributed by atoms with E-state index in [1.54, 1.807) is 42.5 Å². The third-order valence-corrected chi connectivity index (χ3v) is 3.41. The molecule has 0 aliphatic carbocycles. The van der Waals surface area contributed by atoms with Crippen molar-refractivity contribution >= 4 is 11.0 Å². The molecule has 3 rings (SSSR count). The lowest BCUT2D eigenvalue weighted by Gasteiger charge is -2.10. The van der Waals surface area contributed by atoms with Gasteiger partial charge in [-0.25, -0.2) is 0 Å². The van der Waals surface area contributed by atoms with E-state index in [1.165, 1.54) is 10.8 Å². The van der Waals surface area contributed by atoms with Gasteiger partial charge < -0.3 is 14.7 Å². The Morgan fingerprint density at radius 1 is 1.13 bits per heavy atom. The largest absolute Gasteiger partial charge is 0.508 e. The van der Waals surface area contributed by atoms with Crippen LogP contribution in [0.25, 0.3) is 11.0 Å². The molecule has 23 heavy (non-hydrogen) atoms. The van der Waals surface area contributed by atoms with Crippen molar-refractivity contribution in [2.75, 3.05) is 0 Å². The molecule has 3 aromatic rings. The first-order valence-corrected chi connectivity index (χ1v) is 7.71. The lowest BCUT2D eigenvalue weighted by Crippen LogP contribution is -2.16. The van der Waals surface area contributed by atoms with E-state index in [9.17, 15) is 15.0 Å². The van der Waals surface area contributed by atoms with E-state index in [-0.39, 0.29) is 17.9 Å². The second-order valence-electron chi connectivity index (χ2n) is 4.89. The van der Waals surface area contributed by atoms with Crippen LogP contribution in [0.15, 0.2) is 57.8 Å². The van der Waals surface area contributed by atoms with E-state index in [4.69, 9.17) is 4.52 Å². The Labute approximate surface area is 134 Å². The number of hydrogen-bond donors (Lipinski definition) is 2. The molecule has 0 unspecified atom stereocenters. The van der Waals surface area contributed by atoms with Gasteiger partial charge in [-0.2, -0.15) is 4.74 Å². The minimum Gasteiger partial charge on any atom is -0.508 e. The number of aliphatic hydroxyl groups excluding tert-OH is 1. The SMILES string of the molecule is CC.O=c1c2ccccc2on1CC[C@@H](O)c1cccc(O)c1. The summed E-state index contributed by atoms with van der Waals surface area (Å²) in [4.78, 5) is 12.1. The van der Waals surface area contributed by atoms with Gasteiger partial charge in [0.1, 0.15) is 5.75 Å². The van der Waals surface area contributed by atoms with Crippen LogP contribution in [-0.2, 0) is 6.54 Å². The maximum absolute atomic E-state index is 12.1. The van der Waals surface area contributed by atoms with Crippen LogP contribution >= 0.6 is 0 Å². The fraction of sp³-hybridized carbons (Fsp3) is 0.278. The first-order chi connectivity index (χ1) is 11.1. The molecule has 0 aliphatic heterocycles. The number of aromatic hydroxyl groups is 1. The number of phenolic OH excluding ortho intramolecular Hbond substituents is 1. The normalized spacial score (nSPS) is 11.8. The maximum Gasteiger partial charge on any atom is 0.290 e. The van der Waals surface area contributed by atoms with E-state index >= 15 is 0 Å². The van der Waals surface area contributed by atoms with Gasteiger partial charge in [-0.3, -0.25) is 4.79 Å². The molecule has 2 aromatic carbocycles. The van der Waals surface area contributed by atoms with Crippen molar-refractivity contribution < 1.29 is 14.7 Å². The molecule has 0 fully saturated rings. The summed E-state index contributed by atoms with van der Waals surface area (Å²) in [6.07, 6.45) is -0.444. The van der Waals surface area contributed by atoms with E-state index in [1.807, 2.05) is 13.8 Å². The number of para-hydroxylation sites is 1. The molecule has 1 heterocycles. The lowest BCUT2D eigenvalue weighted by molar-refractivity contribution is 0.143. The fourth-order valence-corrected chi connectivity index (χ4v) is 2.30. The molecule has 1 atom stereocenters. The van der Waals surface area contributed by atoms with Crippen LogP contribution in [0.1, 0.15) is 31.9 Å². The van der Waals surface area contributed by atoms with Gasteiger partial charge >= 0.3 is 0 Å². The molecule has 0 amide bonds. The lowest BCUT2D eigenvalue weighted by atomic mass is 10.1. The molecule has 0 saturated carbocycles. The Bertz CT molecular complexity index is 819. The predicted molar refractivity (Wildman–Crippen MR) is 89.5 cm³/mol. The average molecular weight is 315 g/mol. The Kier molecular flexibility index (Phi) is 5.60. The molecule has 0 saturated heterocycles. The summed E-state index contributed by atoms with van der Waals surface area (Å²) < 4.78 is 6.70. The molecule has 0 aliphatic rings. The smallest absolute Gasteiger partial charge is 0.290 e. The quantitative estimate of drug-likeness (QED) is 0.773. The second kappa shape index (κ2) is 7.65. The number of phenols is 1. The molecule has 2 N–H and O–H groups in total. The molecular formula is C18H21NO4. The van der Waals surface area contributed by atoms with Crippen LogP contribution in [0.3, 0.4) is 0 Å². The van der Waals surface area contributed by atoms with Gasteiger partial charge in [0.05, 0.1) is 18.0 Å². The number of benzene rings is 2. The predicted octanol–water partition coefficient (Wildman–Crippen LogP) is 3.45. The minimum atomic E-state index is -0.766. The van der Waals surface area contributed by atoms with Gasteiger partial charge in [0.25, 0.3) is 5.56 Å². The number of fused-ring (bicyclic) bond motifs is 1. The van der Waals surface area contributed by atoms with Crippen molar-refractivity contribution in [1.82, 2.24) is 4.74 Å². The zero-order valence-corrected chi connectivity index (χ0v) is 13.3. The molecule has 5 heteroatoms. The fourth-order valence-electron chi connectivity index (χ4n) is 2.30. The number of rotatable bonds is 4. The van der Waals surface area contributed by atoms with Gasteiger partial charge in [0.2, 0.25) is 0 Å². The van der Waals surface area contributed by atoms with Gasteiger partial charge in [-0.1, -0.05) is 38.1 Å². The summed E-state index contributed by atoms with van der Waals surface area (Å²) in [5.74, 6) is 0.104. The molecule has 0 radical (unpaired) electrons. The van der Waals surface area contributed by atoms with Crippen LogP contribution in [0.5, 0.6) is 5.75 Å². The summed E-state index contributed by atoms with van der Waals surface area (Å²) in [6, 6.07) is 13.5. The highest BCUT2D eigenvalue weighted by Crippen LogP contribution is 2.21. The zero-order valence-electron chi connectivity index (χ0n) is 13.3. The van der Waals surface area contributed by atoms with Crippen molar-refractivity contribution in [2.24, 2.45) is 0 Å². The van der Waals surface area contributed by atoms with Crippen LogP contribution < -0.4 is 5.56 Å². The monoisotopic (exact) mass is 315 g/mol. The van der Waals surface area contributed by atoms with E-state index in [2.05, 4.69) is 0 Å². The summed E-state index contributed by atoms with van der Waals surface area (Å²) in [5.41, 5.74) is 0.946. The Morgan fingerprint density at radius 3 is 2.57 bits per heavy atom. The molecule has 5 nitrogen and oxygen atoms in total. The second-order valence-corrected chi connectivity index (χ2v) is 4.89. The van der Waals surface area contributed by atoms with Gasteiger partial charge in [0, 0.05) is 0 Å². The van der Waals surface area contributed by atoms with Crippen LogP contribution in [-0.4, -0.2) is 15.0 Å². The standard InChI is InChI=1S/C16H15NO4.C2H6/c18-12-5-3-4-11(10-12)14(19)8-9-17-16(20)13-6-1-2-7-15(13)21-17;1-2/h1-7,10,14,18-19H,8-9H2;1-2H3/t14-;/m1./s1. The highest BCUT2D eigenvalue weighted by Gasteiger charge is 2.12. The van der Waals surface area contributed by atoms with Crippen LogP contribution in [0.2, 0.25) is 0 Å². The Morgan fingerprint density at radius 2 is 1.87 bits per heavy atom. The van der Waals surface area contributed by atoms with Crippen molar-refractivity contribution in [3.63, 3.8) is 0 Å². The number of aromatic nitrogens is 1. The number of aliphatic hydroxyl groups is 1. The van der Waals surface area contributed by atoms with Crippen molar-refractivity contribution in [3.05, 3.63) is 64.4 Å². The van der Waals surface area contributed by atoms with Gasteiger partial charge in [0.15, 0.2) is 5.58 Å². The van der Waals surface area contributed by atoms with E-state index < -0.39 is 6.10 Å². The topological polar surface area (TPSA) is 75.6 Å². The zero-order chi connectivity index (χ0) is 16.8. The highest BCUT2D eigenvalue weighted by molar-refractivity contribution is 5.75. The van der Waals surface area contributed by atoms with Gasteiger partial charge in [-0.15, -0.1) is 0 Å². The average Bonchev–Trinajstić information content (AvgIpc) is 2.91. The Balaban J connectivity index is 0.000000924. The summed E-state index contributed by atoms with van der Waals surface area (Å²) in [6.45, 7) is 4.27. The van der Waals surface area contributed by atoms with E-state index in [0.29, 0.717) is 23.0 Å². The molecule has 1 aromatic heterocycles. The molecular weight excluding hydrogens is 294 g/mol. The van der Waals surface area contributed by atoms with Gasteiger partial charge in [-0.05, 0) is 36.2 Å². The Hall–Kier alpha value is -2.53. The van der Waals surface area contributed by atoms with Crippen LogP contribution in [0.4, 0.5) is 0 Å². The minimum absolute atomic E-state index is 0.104. The number of nitrogens with zero attached hydrogens (tertiary/aromatic N) is 1. The van der Waals surface area contributed by atoms with Crippen LogP contribution in [0, 0.1) is 0 Å². The molecule has 0 bridgehead atoms. The number of aryl methyl sites for hydroxylation is 1. The first kappa shape index (κ1) is 16.8. The summed E-state index contributed by atoms with van der Waals surface area (Å²) in [5, 5.41) is 20.0. The third-order valence-electron chi connectivity index (χ3n) is 3.41. The van der Waals surface area contributed by atoms with E-state index in [0.717, 1.165) is 0 Å². The first-order valence-electron chi connectivity index (χ1n) is 7.71. The number of hydrogen-bond acceptors (Lipinski definition) is 4. The summed E-state index contributed by atoms with van der Waals surface area (Å²) >= 11 is 0. The summed E-state index contributed by atoms with van der Waals surface area (Å²) in [7, 11) is 0. The highest BCUT2D eigenvalue weighted by atomic mass is 16.5. The van der Waals surface area contributed by atoms with Crippen molar-refractivity contribution in [3.8, 4) is 5.75 Å². The molecule has 0 spiro atoms. The maximum atomic E-state index is 12.1. The molecule has 122 valence electrons. The third kappa shape index (κ3) is 3.81.